The Kier molecular flexibility index (Phi) is 32.3. The molecule has 205 valence electrons. The zero-order valence-electron chi connectivity index (χ0n) is 24.0. The number of unbranched alkanes of at least 4 members (excludes halogenated alkanes) is 27. The number of hydrogen-bond donors (Lipinski definition) is 0. The van der Waals surface area contributed by atoms with Crippen molar-refractivity contribution >= 4 is 6.29 Å². The maximum Gasteiger partial charge on any atom is 0.225 e. The SMILES string of the molecule is CCCCCCCCCCCCCCCCCCCCCCCCCCCCC/C=C/C=C/[C]=O. The molecule has 0 amide bonds. The first-order valence-electron chi connectivity index (χ1n) is 16.1. The summed E-state index contributed by atoms with van der Waals surface area (Å²) in [5.74, 6) is 0. The number of hydrogen-bond acceptors (Lipinski definition) is 1. The second-order valence-corrected chi connectivity index (χ2v) is 10.9. The van der Waals surface area contributed by atoms with Crippen molar-refractivity contribution in [3.63, 3.8) is 0 Å². The van der Waals surface area contributed by atoms with Crippen LogP contribution in [0.25, 0.3) is 0 Å². The quantitative estimate of drug-likeness (QED) is 0.0559. The van der Waals surface area contributed by atoms with Crippen LogP contribution in [0.4, 0.5) is 0 Å². The van der Waals surface area contributed by atoms with Gasteiger partial charge in [0.2, 0.25) is 6.29 Å². The van der Waals surface area contributed by atoms with Gasteiger partial charge in [0, 0.05) is 0 Å². The minimum absolute atomic E-state index is 1.13. The van der Waals surface area contributed by atoms with Crippen molar-refractivity contribution in [3.8, 4) is 0 Å². The van der Waals surface area contributed by atoms with E-state index in [1.807, 2.05) is 6.08 Å². The van der Waals surface area contributed by atoms with Crippen LogP contribution < -0.4 is 0 Å². The van der Waals surface area contributed by atoms with Crippen molar-refractivity contribution in [2.45, 2.75) is 187 Å². The van der Waals surface area contributed by atoms with E-state index in [4.69, 9.17) is 0 Å². The summed E-state index contributed by atoms with van der Waals surface area (Å²) in [6.45, 7) is 2.30. The van der Waals surface area contributed by atoms with Crippen LogP contribution in [0.3, 0.4) is 0 Å². The van der Waals surface area contributed by atoms with E-state index < -0.39 is 0 Å². The maximum absolute atomic E-state index is 10.0. The lowest BCUT2D eigenvalue weighted by Gasteiger charge is -2.04. The third-order valence-electron chi connectivity index (χ3n) is 7.39. The molecular weight excluding hydrogens is 424 g/mol. The van der Waals surface area contributed by atoms with E-state index in [-0.39, 0.29) is 0 Å². The zero-order chi connectivity index (χ0) is 25.3. The van der Waals surface area contributed by atoms with E-state index in [0.29, 0.717) is 0 Å². The molecule has 0 heterocycles. The highest BCUT2D eigenvalue weighted by Gasteiger charge is 1.96. The average Bonchev–Trinajstić information content (AvgIpc) is 2.87. The molecule has 0 atom stereocenters. The lowest BCUT2D eigenvalue weighted by Crippen LogP contribution is -1.84. The predicted molar refractivity (Wildman–Crippen MR) is 159 cm³/mol. The third kappa shape index (κ3) is 33.1. The summed E-state index contributed by atoms with van der Waals surface area (Å²) in [6, 6.07) is 0. The van der Waals surface area contributed by atoms with Crippen molar-refractivity contribution < 1.29 is 4.79 Å². The standard InChI is InChI=1S/C34H63O/c1-2-3-4-5-6-7-8-9-10-11-12-13-14-15-16-17-18-19-20-21-22-23-24-25-26-27-28-29-30-31-32-33-34-35/h30-33H,2-29H2,1H3/b31-30+,33-32+. The summed E-state index contributed by atoms with van der Waals surface area (Å²) in [6.07, 6.45) is 49.2. The van der Waals surface area contributed by atoms with Gasteiger partial charge in [-0.3, -0.25) is 4.79 Å². The summed E-state index contributed by atoms with van der Waals surface area (Å²) in [5, 5.41) is 0. The van der Waals surface area contributed by atoms with E-state index in [2.05, 4.69) is 13.0 Å². The van der Waals surface area contributed by atoms with Crippen LogP contribution in [0.5, 0.6) is 0 Å². The molecule has 1 heteroatoms. The van der Waals surface area contributed by atoms with Gasteiger partial charge in [-0.15, -0.1) is 0 Å². The lowest BCUT2D eigenvalue weighted by atomic mass is 10.0. The van der Waals surface area contributed by atoms with E-state index in [1.54, 1.807) is 12.4 Å². The third-order valence-corrected chi connectivity index (χ3v) is 7.39. The highest BCUT2D eigenvalue weighted by Crippen LogP contribution is 2.16. The second-order valence-electron chi connectivity index (χ2n) is 10.9. The molecule has 0 unspecified atom stereocenters. The molecule has 0 aromatic carbocycles. The summed E-state index contributed by atoms with van der Waals surface area (Å²) >= 11 is 0. The van der Waals surface area contributed by atoms with Gasteiger partial charge in [0.25, 0.3) is 0 Å². The minimum atomic E-state index is 1.13. The van der Waals surface area contributed by atoms with E-state index in [1.165, 1.54) is 179 Å². The number of carbonyl (C=O) groups excluding carboxylic acids is 1. The second kappa shape index (κ2) is 33.1. The van der Waals surface area contributed by atoms with E-state index in [0.717, 1.165) is 6.42 Å². The monoisotopic (exact) mass is 487 g/mol. The summed E-state index contributed by atoms with van der Waals surface area (Å²) in [4.78, 5) is 10.0. The molecule has 0 saturated carbocycles. The Hall–Kier alpha value is -0.850. The van der Waals surface area contributed by atoms with Gasteiger partial charge in [0.15, 0.2) is 0 Å². The molecular formula is C34H63O. The Morgan fingerprint density at radius 2 is 0.686 bits per heavy atom. The molecule has 1 nitrogen and oxygen atoms in total. The molecule has 0 fully saturated rings. The predicted octanol–water partition coefficient (Wildman–Crippen LogP) is 12.2. The molecule has 0 aliphatic heterocycles. The molecule has 0 aliphatic carbocycles. The average molecular weight is 488 g/mol. The Morgan fingerprint density at radius 3 is 0.971 bits per heavy atom. The maximum atomic E-state index is 10.0. The fraction of sp³-hybridized carbons (Fsp3) is 0.853. The van der Waals surface area contributed by atoms with Crippen molar-refractivity contribution in [2.75, 3.05) is 0 Å². The zero-order valence-corrected chi connectivity index (χ0v) is 24.0. The molecule has 0 aliphatic rings. The first-order chi connectivity index (χ1) is 17.4. The van der Waals surface area contributed by atoms with Crippen LogP contribution in [0.1, 0.15) is 187 Å². The molecule has 0 bridgehead atoms. The van der Waals surface area contributed by atoms with Crippen LogP contribution in [0.2, 0.25) is 0 Å². The Labute approximate surface area is 222 Å². The largest absolute Gasteiger partial charge is 0.286 e. The molecule has 0 spiro atoms. The molecule has 0 aromatic heterocycles. The van der Waals surface area contributed by atoms with Crippen LogP contribution in [0, 0.1) is 0 Å². The number of rotatable bonds is 30. The van der Waals surface area contributed by atoms with E-state index >= 15 is 0 Å². The van der Waals surface area contributed by atoms with Gasteiger partial charge in [0.05, 0.1) is 0 Å². The van der Waals surface area contributed by atoms with Crippen LogP contribution in [-0.2, 0) is 4.79 Å². The van der Waals surface area contributed by atoms with E-state index in [9.17, 15) is 4.79 Å². The summed E-state index contributed by atoms with van der Waals surface area (Å²) in [5.41, 5.74) is 0. The Bertz CT molecular complexity index is 436. The Balaban J connectivity index is 3.05. The van der Waals surface area contributed by atoms with Crippen LogP contribution in [-0.4, -0.2) is 6.29 Å². The molecule has 1 radical (unpaired) electrons. The lowest BCUT2D eigenvalue weighted by molar-refractivity contribution is 0.515. The first kappa shape index (κ1) is 34.1. The van der Waals surface area contributed by atoms with Crippen molar-refractivity contribution in [3.05, 3.63) is 24.3 Å². The van der Waals surface area contributed by atoms with Crippen LogP contribution in [0.15, 0.2) is 24.3 Å². The first-order valence-corrected chi connectivity index (χ1v) is 16.1. The highest BCUT2D eigenvalue weighted by molar-refractivity contribution is 5.66. The smallest absolute Gasteiger partial charge is 0.225 e. The normalized spacial score (nSPS) is 11.8. The Morgan fingerprint density at radius 1 is 0.400 bits per heavy atom. The van der Waals surface area contributed by atoms with Crippen molar-refractivity contribution in [1.82, 2.24) is 0 Å². The summed E-state index contributed by atoms with van der Waals surface area (Å²) in [7, 11) is 0. The molecule has 35 heavy (non-hydrogen) atoms. The molecule has 0 aromatic rings. The van der Waals surface area contributed by atoms with Crippen molar-refractivity contribution in [1.29, 1.82) is 0 Å². The number of allylic oxidation sites excluding steroid dienone is 4. The minimum Gasteiger partial charge on any atom is -0.286 e. The van der Waals surface area contributed by atoms with Gasteiger partial charge in [-0.1, -0.05) is 192 Å². The molecule has 0 rings (SSSR count). The van der Waals surface area contributed by atoms with Gasteiger partial charge < -0.3 is 0 Å². The van der Waals surface area contributed by atoms with Gasteiger partial charge in [-0.25, -0.2) is 0 Å². The fourth-order valence-electron chi connectivity index (χ4n) is 5.02. The highest BCUT2D eigenvalue weighted by atomic mass is 16.1. The van der Waals surface area contributed by atoms with Gasteiger partial charge in [0.1, 0.15) is 0 Å². The van der Waals surface area contributed by atoms with Gasteiger partial charge >= 0.3 is 0 Å². The van der Waals surface area contributed by atoms with Crippen LogP contribution >= 0.6 is 0 Å². The molecule has 0 saturated heterocycles. The molecule has 0 N–H and O–H groups in total. The summed E-state index contributed by atoms with van der Waals surface area (Å²) < 4.78 is 0. The van der Waals surface area contributed by atoms with Gasteiger partial charge in [-0.05, 0) is 18.9 Å². The topological polar surface area (TPSA) is 17.1 Å². The van der Waals surface area contributed by atoms with Gasteiger partial charge in [-0.2, -0.15) is 0 Å². The fourth-order valence-corrected chi connectivity index (χ4v) is 5.02. The van der Waals surface area contributed by atoms with Crippen molar-refractivity contribution in [2.24, 2.45) is 0 Å².